The van der Waals surface area contributed by atoms with Crippen LogP contribution in [0.3, 0.4) is 0 Å². The SMILES string of the molecule is CC(C)NC(=O)NC(=O)CN(C)[C@@H](C)c1nc2ccccc2s1. The quantitative estimate of drug-likeness (QED) is 0.881. The third kappa shape index (κ3) is 4.74. The summed E-state index contributed by atoms with van der Waals surface area (Å²) in [6, 6.07) is 7.47. The van der Waals surface area contributed by atoms with Crippen LogP contribution in [-0.2, 0) is 4.79 Å². The molecule has 2 rings (SSSR count). The number of nitrogens with one attached hydrogen (secondary N) is 2. The van der Waals surface area contributed by atoms with Crippen LogP contribution in [0.5, 0.6) is 0 Å². The Kier molecular flexibility index (Phi) is 5.68. The standard InChI is InChI=1S/C16H22N4O2S/c1-10(2)17-16(22)19-14(21)9-20(4)11(3)15-18-12-7-5-6-8-13(12)23-15/h5-8,10-11H,9H2,1-4H3,(H2,17,19,21,22)/t11-/m0/s1. The number of fused-ring (bicyclic) bond motifs is 1. The van der Waals surface area contributed by atoms with Crippen molar-refractivity contribution >= 4 is 33.5 Å². The normalized spacial score (nSPS) is 12.6. The second kappa shape index (κ2) is 7.52. The molecule has 2 aromatic rings. The van der Waals surface area contributed by atoms with Crippen LogP contribution in [0.15, 0.2) is 24.3 Å². The molecule has 1 atom stereocenters. The number of nitrogens with zero attached hydrogens (tertiary/aromatic N) is 2. The van der Waals surface area contributed by atoms with Crippen molar-refractivity contribution in [3.8, 4) is 0 Å². The van der Waals surface area contributed by atoms with E-state index in [9.17, 15) is 9.59 Å². The van der Waals surface area contributed by atoms with E-state index in [0.717, 1.165) is 15.2 Å². The van der Waals surface area contributed by atoms with Crippen LogP contribution in [0.1, 0.15) is 31.8 Å². The summed E-state index contributed by atoms with van der Waals surface area (Å²) in [6.07, 6.45) is 0. The van der Waals surface area contributed by atoms with Gasteiger partial charge in [-0.3, -0.25) is 15.0 Å². The van der Waals surface area contributed by atoms with Gasteiger partial charge in [0.05, 0.1) is 22.8 Å². The number of para-hydroxylation sites is 1. The van der Waals surface area contributed by atoms with Gasteiger partial charge in [-0.15, -0.1) is 11.3 Å². The van der Waals surface area contributed by atoms with E-state index in [1.165, 1.54) is 0 Å². The Morgan fingerprint density at radius 2 is 1.96 bits per heavy atom. The molecule has 7 heteroatoms. The van der Waals surface area contributed by atoms with Crippen molar-refractivity contribution in [3.63, 3.8) is 0 Å². The van der Waals surface area contributed by atoms with Crippen LogP contribution in [0.4, 0.5) is 4.79 Å². The third-order valence-corrected chi connectivity index (χ3v) is 4.60. The summed E-state index contributed by atoms with van der Waals surface area (Å²) in [6.45, 7) is 5.80. The lowest BCUT2D eigenvalue weighted by molar-refractivity contribution is -0.121. The maximum atomic E-state index is 11.9. The van der Waals surface area contributed by atoms with E-state index in [4.69, 9.17) is 0 Å². The first-order chi connectivity index (χ1) is 10.9. The van der Waals surface area contributed by atoms with Crippen LogP contribution >= 0.6 is 11.3 Å². The van der Waals surface area contributed by atoms with Crippen LogP contribution in [0, 0.1) is 0 Å². The van der Waals surface area contributed by atoms with E-state index >= 15 is 0 Å². The van der Waals surface area contributed by atoms with Gasteiger partial charge in [-0.25, -0.2) is 9.78 Å². The Bertz CT molecular complexity index is 665. The lowest BCUT2D eigenvalue weighted by atomic mass is 10.3. The number of rotatable bonds is 5. The fourth-order valence-corrected chi connectivity index (χ4v) is 3.17. The van der Waals surface area contributed by atoms with Gasteiger partial charge in [0.2, 0.25) is 5.91 Å². The highest BCUT2D eigenvalue weighted by atomic mass is 32.1. The van der Waals surface area contributed by atoms with E-state index in [-0.39, 0.29) is 24.5 Å². The molecule has 6 nitrogen and oxygen atoms in total. The van der Waals surface area contributed by atoms with E-state index in [2.05, 4.69) is 15.6 Å². The predicted octanol–water partition coefficient (Wildman–Crippen LogP) is 2.52. The highest BCUT2D eigenvalue weighted by Crippen LogP contribution is 2.28. The topological polar surface area (TPSA) is 74.3 Å². The first kappa shape index (κ1) is 17.4. The van der Waals surface area contributed by atoms with Crippen molar-refractivity contribution in [2.24, 2.45) is 0 Å². The Balaban J connectivity index is 1.95. The van der Waals surface area contributed by atoms with Crippen LogP contribution < -0.4 is 10.6 Å². The maximum absolute atomic E-state index is 11.9. The number of aromatic nitrogens is 1. The summed E-state index contributed by atoms with van der Waals surface area (Å²) in [7, 11) is 1.84. The van der Waals surface area contributed by atoms with Crippen LogP contribution in [-0.4, -0.2) is 41.5 Å². The van der Waals surface area contributed by atoms with E-state index in [0.29, 0.717) is 0 Å². The van der Waals surface area contributed by atoms with Gasteiger partial charge in [0, 0.05) is 6.04 Å². The number of carbonyl (C=O) groups is 2. The Morgan fingerprint density at radius 1 is 1.26 bits per heavy atom. The number of amides is 3. The summed E-state index contributed by atoms with van der Waals surface area (Å²) in [5, 5.41) is 5.91. The summed E-state index contributed by atoms with van der Waals surface area (Å²) in [4.78, 5) is 29.9. The van der Waals surface area contributed by atoms with Gasteiger partial charge in [-0.1, -0.05) is 12.1 Å². The van der Waals surface area contributed by atoms with Gasteiger partial charge < -0.3 is 5.32 Å². The molecule has 124 valence electrons. The highest BCUT2D eigenvalue weighted by Gasteiger charge is 2.19. The van der Waals surface area contributed by atoms with Gasteiger partial charge >= 0.3 is 6.03 Å². The first-order valence-electron chi connectivity index (χ1n) is 7.53. The van der Waals surface area contributed by atoms with Gasteiger partial charge in [-0.2, -0.15) is 0 Å². The number of carbonyl (C=O) groups excluding carboxylic acids is 2. The van der Waals surface area contributed by atoms with Crippen molar-refractivity contribution in [2.75, 3.05) is 13.6 Å². The highest BCUT2D eigenvalue weighted by molar-refractivity contribution is 7.18. The second-order valence-electron chi connectivity index (χ2n) is 5.79. The van der Waals surface area contributed by atoms with E-state index < -0.39 is 6.03 Å². The summed E-state index contributed by atoms with van der Waals surface area (Å²) >= 11 is 1.62. The zero-order valence-electron chi connectivity index (χ0n) is 13.8. The fraction of sp³-hybridized carbons (Fsp3) is 0.438. The lowest BCUT2D eigenvalue weighted by Crippen LogP contribution is -2.46. The molecule has 23 heavy (non-hydrogen) atoms. The maximum Gasteiger partial charge on any atom is 0.321 e. The third-order valence-electron chi connectivity index (χ3n) is 3.39. The van der Waals surface area contributed by atoms with Crippen molar-refractivity contribution in [1.82, 2.24) is 20.5 Å². The number of thiazole rings is 1. The second-order valence-corrected chi connectivity index (χ2v) is 6.85. The average Bonchev–Trinajstić information content (AvgIpc) is 2.88. The monoisotopic (exact) mass is 334 g/mol. The first-order valence-corrected chi connectivity index (χ1v) is 8.34. The minimum absolute atomic E-state index is 0.00805. The molecular weight excluding hydrogens is 312 g/mol. The predicted molar refractivity (Wildman–Crippen MR) is 92.5 cm³/mol. The molecule has 0 fully saturated rings. The minimum Gasteiger partial charge on any atom is -0.336 e. The molecule has 1 aromatic heterocycles. The zero-order valence-corrected chi connectivity index (χ0v) is 14.6. The summed E-state index contributed by atoms with van der Waals surface area (Å²) in [5.41, 5.74) is 0.966. The molecule has 0 saturated heterocycles. The van der Waals surface area contributed by atoms with Gasteiger partial charge in [0.1, 0.15) is 5.01 Å². The minimum atomic E-state index is -0.467. The molecule has 0 aliphatic carbocycles. The Labute approximate surface area is 139 Å². The van der Waals surface area contributed by atoms with Crippen molar-refractivity contribution in [2.45, 2.75) is 32.9 Å². The molecule has 3 amide bonds. The van der Waals surface area contributed by atoms with Crippen molar-refractivity contribution in [1.29, 1.82) is 0 Å². The number of hydrogen-bond donors (Lipinski definition) is 2. The van der Waals surface area contributed by atoms with E-state index in [1.54, 1.807) is 11.3 Å². The molecule has 1 aromatic carbocycles. The molecule has 0 aliphatic heterocycles. The average molecular weight is 334 g/mol. The van der Waals surface area contributed by atoms with Gasteiger partial charge in [-0.05, 0) is 40.0 Å². The number of urea groups is 1. The zero-order chi connectivity index (χ0) is 17.0. The van der Waals surface area contributed by atoms with Gasteiger partial charge in [0.15, 0.2) is 0 Å². The molecular formula is C16H22N4O2S. The molecule has 0 spiro atoms. The summed E-state index contributed by atoms with van der Waals surface area (Å²) in [5.74, 6) is -0.335. The fourth-order valence-electron chi connectivity index (χ4n) is 2.09. The molecule has 0 aliphatic rings. The van der Waals surface area contributed by atoms with Gasteiger partial charge in [0.25, 0.3) is 0 Å². The number of benzene rings is 1. The van der Waals surface area contributed by atoms with Crippen molar-refractivity contribution in [3.05, 3.63) is 29.3 Å². The number of imide groups is 1. The molecule has 2 N–H and O–H groups in total. The molecule has 0 bridgehead atoms. The summed E-state index contributed by atoms with van der Waals surface area (Å²) < 4.78 is 1.13. The Morgan fingerprint density at radius 3 is 2.61 bits per heavy atom. The Hall–Kier alpha value is -1.99. The van der Waals surface area contributed by atoms with Crippen LogP contribution in [0.25, 0.3) is 10.2 Å². The largest absolute Gasteiger partial charge is 0.336 e. The van der Waals surface area contributed by atoms with Crippen molar-refractivity contribution < 1.29 is 9.59 Å². The number of hydrogen-bond acceptors (Lipinski definition) is 5. The lowest BCUT2D eigenvalue weighted by Gasteiger charge is -2.22. The van der Waals surface area contributed by atoms with E-state index in [1.807, 2.05) is 57.0 Å². The molecule has 0 radical (unpaired) electrons. The molecule has 0 unspecified atom stereocenters. The number of likely N-dealkylation sites (N-methyl/N-ethyl adjacent to an activating group) is 1. The molecule has 0 saturated carbocycles. The smallest absolute Gasteiger partial charge is 0.321 e. The van der Waals surface area contributed by atoms with Crippen LogP contribution in [0.2, 0.25) is 0 Å². The molecule has 1 heterocycles.